The largest absolute Gasteiger partial charge is 0.389 e. The fourth-order valence-corrected chi connectivity index (χ4v) is 3.28. The van der Waals surface area contributed by atoms with Crippen molar-refractivity contribution in [2.24, 2.45) is 11.8 Å². The minimum atomic E-state index is -0.352. The van der Waals surface area contributed by atoms with Crippen molar-refractivity contribution in [2.75, 3.05) is 14.1 Å². The molecule has 0 spiro atoms. The summed E-state index contributed by atoms with van der Waals surface area (Å²) in [6, 6.07) is 0.243. The maximum atomic E-state index is 10.4. The molecule has 3 unspecified atom stereocenters. The molecule has 0 bridgehead atoms. The standard InChI is InChI=1S/C16H31NO2/c1-11(2)16-15(18)14(17(3)4)10-13(19-16)7-5-6-12-8-9-12/h11-16,18H,5-10H2,1-4H3/t13?,14?,15?,16-/m0/s1. The molecular weight excluding hydrogens is 238 g/mol. The molecule has 1 aliphatic carbocycles. The van der Waals surface area contributed by atoms with Crippen LogP contribution in [0.1, 0.15) is 52.4 Å². The van der Waals surface area contributed by atoms with E-state index in [0.717, 1.165) is 18.8 Å². The Labute approximate surface area is 118 Å². The van der Waals surface area contributed by atoms with Crippen LogP contribution in [-0.2, 0) is 4.74 Å². The second-order valence-corrected chi connectivity index (χ2v) is 7.10. The van der Waals surface area contributed by atoms with E-state index in [9.17, 15) is 5.11 Å². The van der Waals surface area contributed by atoms with Crippen molar-refractivity contribution in [3.05, 3.63) is 0 Å². The van der Waals surface area contributed by atoms with E-state index in [-0.39, 0.29) is 18.2 Å². The highest BCUT2D eigenvalue weighted by molar-refractivity contribution is 4.91. The first-order valence-corrected chi connectivity index (χ1v) is 7.99. The number of rotatable bonds is 6. The quantitative estimate of drug-likeness (QED) is 0.804. The zero-order valence-electron chi connectivity index (χ0n) is 13.0. The van der Waals surface area contributed by atoms with E-state index >= 15 is 0 Å². The molecule has 0 aromatic rings. The minimum absolute atomic E-state index is 0.00734. The fraction of sp³-hybridized carbons (Fsp3) is 1.00. The molecule has 4 atom stereocenters. The lowest BCUT2D eigenvalue weighted by Crippen LogP contribution is -2.55. The van der Waals surface area contributed by atoms with Gasteiger partial charge in [-0.1, -0.05) is 39.5 Å². The molecule has 1 saturated carbocycles. The Morgan fingerprint density at radius 1 is 1.21 bits per heavy atom. The first kappa shape index (κ1) is 15.3. The van der Waals surface area contributed by atoms with E-state index in [4.69, 9.17) is 4.74 Å². The summed E-state index contributed by atoms with van der Waals surface area (Å²) in [5, 5.41) is 10.4. The lowest BCUT2D eigenvalue weighted by molar-refractivity contribution is -0.164. The van der Waals surface area contributed by atoms with Crippen molar-refractivity contribution in [1.29, 1.82) is 0 Å². The predicted octanol–water partition coefficient (Wildman–Crippen LogP) is 2.67. The summed E-state index contributed by atoms with van der Waals surface area (Å²) >= 11 is 0. The fourth-order valence-electron chi connectivity index (χ4n) is 3.28. The highest BCUT2D eigenvalue weighted by Gasteiger charge is 2.39. The molecule has 112 valence electrons. The zero-order valence-corrected chi connectivity index (χ0v) is 13.0. The second-order valence-electron chi connectivity index (χ2n) is 7.10. The Balaban J connectivity index is 1.87. The summed E-state index contributed by atoms with van der Waals surface area (Å²) in [4.78, 5) is 2.16. The Morgan fingerprint density at radius 3 is 2.42 bits per heavy atom. The molecule has 3 heteroatoms. The molecule has 3 nitrogen and oxygen atoms in total. The lowest BCUT2D eigenvalue weighted by Gasteiger charge is -2.44. The van der Waals surface area contributed by atoms with Crippen molar-refractivity contribution >= 4 is 0 Å². The molecule has 19 heavy (non-hydrogen) atoms. The van der Waals surface area contributed by atoms with Crippen LogP contribution < -0.4 is 0 Å². The van der Waals surface area contributed by atoms with E-state index in [1.807, 2.05) is 0 Å². The molecule has 0 amide bonds. The Morgan fingerprint density at radius 2 is 1.89 bits per heavy atom. The summed E-state index contributed by atoms with van der Waals surface area (Å²) in [7, 11) is 4.13. The van der Waals surface area contributed by atoms with Gasteiger partial charge in [0.15, 0.2) is 0 Å². The Bertz CT molecular complexity index is 258. The van der Waals surface area contributed by atoms with Crippen molar-refractivity contribution in [1.82, 2.24) is 4.90 Å². The third-order valence-electron chi connectivity index (χ3n) is 4.74. The van der Waals surface area contributed by atoms with Crippen molar-refractivity contribution in [3.8, 4) is 0 Å². The average Bonchev–Trinajstić information content (AvgIpc) is 3.14. The molecule has 1 heterocycles. The van der Waals surface area contributed by atoms with Gasteiger partial charge in [0.05, 0.1) is 18.3 Å². The van der Waals surface area contributed by atoms with Crippen LogP contribution in [0.4, 0.5) is 0 Å². The Hall–Kier alpha value is -0.120. The van der Waals surface area contributed by atoms with Crippen LogP contribution in [0.3, 0.4) is 0 Å². The number of aliphatic hydroxyl groups excluding tert-OH is 1. The van der Waals surface area contributed by atoms with Crippen LogP contribution in [0.25, 0.3) is 0 Å². The number of hydrogen-bond donors (Lipinski definition) is 1. The van der Waals surface area contributed by atoms with E-state index in [0.29, 0.717) is 12.0 Å². The summed E-state index contributed by atoms with van der Waals surface area (Å²) in [5.41, 5.74) is 0. The second kappa shape index (κ2) is 6.55. The van der Waals surface area contributed by atoms with Gasteiger partial charge in [-0.3, -0.25) is 0 Å². The Kier molecular flexibility index (Phi) is 5.27. The molecule has 1 saturated heterocycles. The zero-order chi connectivity index (χ0) is 14.0. The molecule has 0 aromatic carbocycles. The monoisotopic (exact) mass is 269 g/mol. The van der Waals surface area contributed by atoms with Gasteiger partial charge in [-0.25, -0.2) is 0 Å². The van der Waals surface area contributed by atoms with Crippen LogP contribution >= 0.6 is 0 Å². The summed E-state index contributed by atoms with van der Waals surface area (Å²) in [6.45, 7) is 4.29. The first-order valence-electron chi connectivity index (χ1n) is 7.99. The first-order chi connectivity index (χ1) is 8.99. The van der Waals surface area contributed by atoms with Crippen LogP contribution in [-0.4, -0.2) is 48.5 Å². The van der Waals surface area contributed by atoms with Gasteiger partial charge >= 0.3 is 0 Å². The third kappa shape index (κ3) is 4.17. The van der Waals surface area contributed by atoms with Gasteiger partial charge in [0.2, 0.25) is 0 Å². The van der Waals surface area contributed by atoms with Gasteiger partial charge < -0.3 is 14.7 Å². The molecule has 2 rings (SSSR count). The molecule has 0 aromatic heterocycles. The SMILES string of the molecule is CC(C)[C@@H]1OC(CCCC2CC2)CC(N(C)C)C1O. The molecule has 2 aliphatic rings. The van der Waals surface area contributed by atoms with Gasteiger partial charge in [-0.2, -0.15) is 0 Å². The number of aliphatic hydroxyl groups is 1. The molecule has 1 aliphatic heterocycles. The van der Waals surface area contributed by atoms with Crippen LogP contribution in [0, 0.1) is 11.8 Å². The van der Waals surface area contributed by atoms with Gasteiger partial charge in [-0.15, -0.1) is 0 Å². The maximum absolute atomic E-state index is 10.4. The van der Waals surface area contributed by atoms with Gasteiger partial charge in [-0.05, 0) is 38.8 Å². The van der Waals surface area contributed by atoms with Gasteiger partial charge in [0, 0.05) is 6.04 Å². The van der Waals surface area contributed by atoms with E-state index < -0.39 is 0 Å². The topological polar surface area (TPSA) is 32.7 Å². The van der Waals surface area contributed by atoms with E-state index in [1.54, 1.807) is 0 Å². The lowest BCUT2D eigenvalue weighted by atomic mass is 9.87. The number of hydrogen-bond acceptors (Lipinski definition) is 3. The van der Waals surface area contributed by atoms with Crippen molar-refractivity contribution in [3.63, 3.8) is 0 Å². The van der Waals surface area contributed by atoms with Crippen LogP contribution in [0.5, 0.6) is 0 Å². The number of nitrogens with zero attached hydrogens (tertiary/aromatic N) is 1. The molecule has 0 radical (unpaired) electrons. The highest BCUT2D eigenvalue weighted by atomic mass is 16.5. The van der Waals surface area contributed by atoms with Gasteiger partial charge in [0.25, 0.3) is 0 Å². The van der Waals surface area contributed by atoms with Crippen molar-refractivity contribution < 1.29 is 9.84 Å². The van der Waals surface area contributed by atoms with E-state index in [2.05, 4.69) is 32.8 Å². The molecular formula is C16H31NO2. The molecule has 2 fully saturated rings. The highest BCUT2D eigenvalue weighted by Crippen LogP contribution is 2.35. The minimum Gasteiger partial charge on any atom is -0.389 e. The normalized spacial score (nSPS) is 36.2. The summed E-state index contributed by atoms with van der Waals surface area (Å²) in [6.07, 6.45) is 7.67. The number of likely N-dealkylation sites (N-methyl/N-ethyl adjacent to an activating group) is 1. The number of ether oxygens (including phenoxy) is 1. The molecule has 1 N–H and O–H groups in total. The smallest absolute Gasteiger partial charge is 0.0959 e. The summed E-state index contributed by atoms with van der Waals surface area (Å²) < 4.78 is 6.17. The average molecular weight is 269 g/mol. The predicted molar refractivity (Wildman–Crippen MR) is 78.2 cm³/mol. The summed E-state index contributed by atoms with van der Waals surface area (Å²) in [5.74, 6) is 1.39. The third-order valence-corrected chi connectivity index (χ3v) is 4.74. The van der Waals surface area contributed by atoms with Gasteiger partial charge in [0.1, 0.15) is 0 Å². The van der Waals surface area contributed by atoms with Crippen LogP contribution in [0.2, 0.25) is 0 Å². The maximum Gasteiger partial charge on any atom is 0.0959 e. The van der Waals surface area contributed by atoms with E-state index in [1.165, 1.54) is 25.7 Å². The van der Waals surface area contributed by atoms with Crippen molar-refractivity contribution in [2.45, 2.75) is 76.7 Å². The van der Waals surface area contributed by atoms with Crippen LogP contribution in [0.15, 0.2) is 0 Å².